The van der Waals surface area contributed by atoms with Crippen molar-refractivity contribution in [1.29, 1.82) is 0 Å². The predicted octanol–water partition coefficient (Wildman–Crippen LogP) is 3.52. The Morgan fingerprint density at radius 1 is 1.12 bits per heavy atom. The number of hydrogen-bond acceptors (Lipinski definition) is 9. The van der Waals surface area contributed by atoms with E-state index in [4.69, 9.17) is 18.9 Å². The molecule has 0 aliphatic carbocycles. The Hall–Kier alpha value is -2.93. The number of benzene rings is 2. The first-order valence-electron chi connectivity index (χ1n) is 13.9. The van der Waals surface area contributed by atoms with Gasteiger partial charge >= 0.3 is 6.09 Å². The largest absolute Gasteiger partial charge is 0.447 e. The molecule has 1 saturated heterocycles. The Morgan fingerprint density at radius 2 is 1.79 bits per heavy atom. The van der Waals surface area contributed by atoms with Gasteiger partial charge in [-0.05, 0) is 46.0 Å². The smallest absolute Gasteiger partial charge is 0.416 e. The Kier molecular flexibility index (Phi) is 11.4. The van der Waals surface area contributed by atoms with Crippen molar-refractivity contribution in [3.8, 4) is 0 Å². The first-order chi connectivity index (χ1) is 20.2. The lowest BCUT2D eigenvalue weighted by molar-refractivity contribution is -0.217. The molecule has 0 aromatic heterocycles. The van der Waals surface area contributed by atoms with Gasteiger partial charge in [0.25, 0.3) is 0 Å². The quantitative estimate of drug-likeness (QED) is 0.296. The lowest BCUT2D eigenvalue weighted by Crippen LogP contribution is -2.52. The molecule has 10 nitrogen and oxygen atoms in total. The van der Waals surface area contributed by atoms with Gasteiger partial charge in [0.05, 0.1) is 36.3 Å². The Bertz CT molecular complexity index is 1240. The summed E-state index contributed by atoms with van der Waals surface area (Å²) in [5, 5.41) is 20.9. The molecule has 42 heavy (non-hydrogen) atoms. The summed E-state index contributed by atoms with van der Waals surface area (Å²) in [6.45, 7) is 2.07. The highest BCUT2D eigenvalue weighted by Gasteiger charge is 2.48. The SMILES string of the molecule is C[C@H](C(=O)N1C(=O)OC[C@@H]1Cc1ccccc1)[C@@H]1O[C@](O)(CCCOC[C@@H](CO)OCc2ccccc2)C(Br)=CC1=O. The topological polar surface area (TPSA) is 132 Å². The van der Waals surface area contributed by atoms with Gasteiger partial charge in [-0.15, -0.1) is 0 Å². The number of amides is 2. The van der Waals surface area contributed by atoms with Crippen molar-refractivity contribution in [3.63, 3.8) is 0 Å². The lowest BCUT2D eigenvalue weighted by atomic mass is 9.93. The highest BCUT2D eigenvalue weighted by atomic mass is 79.9. The van der Waals surface area contributed by atoms with Gasteiger partial charge in [0, 0.05) is 13.0 Å². The first-order valence-corrected chi connectivity index (χ1v) is 14.7. The van der Waals surface area contributed by atoms with Crippen LogP contribution in [-0.2, 0) is 41.6 Å². The van der Waals surface area contributed by atoms with E-state index < -0.39 is 47.7 Å². The molecular formula is C31H36BrNO9. The Morgan fingerprint density at radius 3 is 2.45 bits per heavy atom. The molecule has 2 aliphatic heterocycles. The summed E-state index contributed by atoms with van der Waals surface area (Å²) in [5.74, 6) is -4.05. The number of aliphatic hydroxyl groups excluding tert-OH is 1. The molecule has 2 aromatic rings. The minimum absolute atomic E-state index is 0.0511. The van der Waals surface area contributed by atoms with Crippen LogP contribution in [-0.4, -0.2) is 83.4 Å². The zero-order valence-corrected chi connectivity index (χ0v) is 25.0. The Balaban J connectivity index is 1.29. The fourth-order valence-corrected chi connectivity index (χ4v) is 5.37. The van der Waals surface area contributed by atoms with Gasteiger partial charge in [-0.3, -0.25) is 9.59 Å². The molecule has 0 saturated carbocycles. The molecule has 2 amide bonds. The number of carbonyl (C=O) groups is 3. The molecular weight excluding hydrogens is 610 g/mol. The van der Waals surface area contributed by atoms with E-state index in [9.17, 15) is 24.6 Å². The van der Waals surface area contributed by atoms with E-state index in [0.717, 1.165) is 16.0 Å². The standard InChI is InChI=1S/C31H36BrNO9/c1-21(29(36)33-24(19-41-30(33)37)15-22-9-4-2-5-10-22)28-26(35)16-27(32)31(38,42-28)13-8-14-39-20-25(17-34)40-18-23-11-6-3-7-12-23/h2-7,9-12,16,21,24-25,28,34,38H,8,13-15,17-20H2,1H3/t21-,24-,25+,28-,31+/m0/s1. The fraction of sp³-hybridized carbons (Fsp3) is 0.452. The summed E-state index contributed by atoms with van der Waals surface area (Å²) in [4.78, 5) is 39.9. The van der Waals surface area contributed by atoms with Crippen LogP contribution in [0.3, 0.4) is 0 Å². The van der Waals surface area contributed by atoms with Crippen LogP contribution >= 0.6 is 15.9 Å². The van der Waals surface area contributed by atoms with Crippen LogP contribution in [0.25, 0.3) is 0 Å². The van der Waals surface area contributed by atoms with Crippen molar-refractivity contribution in [2.45, 2.75) is 56.8 Å². The van der Waals surface area contributed by atoms with Gasteiger partial charge in [-0.1, -0.05) is 67.6 Å². The number of ketones is 1. The van der Waals surface area contributed by atoms with Crippen LogP contribution < -0.4 is 0 Å². The second-order valence-electron chi connectivity index (χ2n) is 10.4. The molecule has 2 aliphatic rings. The van der Waals surface area contributed by atoms with Crippen LogP contribution in [0.5, 0.6) is 0 Å². The van der Waals surface area contributed by atoms with Crippen molar-refractivity contribution in [1.82, 2.24) is 4.90 Å². The average Bonchev–Trinajstić information content (AvgIpc) is 3.36. The van der Waals surface area contributed by atoms with Crippen LogP contribution in [0.15, 0.2) is 71.2 Å². The molecule has 226 valence electrons. The third kappa shape index (κ3) is 8.12. The molecule has 2 N–H and O–H groups in total. The normalized spacial score (nSPS) is 23.8. The number of hydrogen-bond donors (Lipinski definition) is 2. The molecule has 5 atom stereocenters. The van der Waals surface area contributed by atoms with E-state index in [1.807, 2.05) is 60.7 Å². The number of halogens is 1. The first kappa shape index (κ1) is 32.0. The maximum Gasteiger partial charge on any atom is 0.416 e. The fourth-order valence-electron chi connectivity index (χ4n) is 4.86. The summed E-state index contributed by atoms with van der Waals surface area (Å²) in [6.07, 6.45) is -0.559. The monoisotopic (exact) mass is 645 g/mol. The molecule has 0 unspecified atom stereocenters. The van der Waals surface area contributed by atoms with E-state index in [1.165, 1.54) is 13.0 Å². The number of carbonyl (C=O) groups excluding carboxylic acids is 3. The van der Waals surface area contributed by atoms with Crippen LogP contribution in [0.1, 0.15) is 30.9 Å². The van der Waals surface area contributed by atoms with Crippen LogP contribution in [0.2, 0.25) is 0 Å². The van der Waals surface area contributed by atoms with Crippen LogP contribution in [0.4, 0.5) is 4.79 Å². The van der Waals surface area contributed by atoms with E-state index in [2.05, 4.69) is 15.9 Å². The van der Waals surface area contributed by atoms with Crippen LogP contribution in [0, 0.1) is 5.92 Å². The maximum absolute atomic E-state index is 13.5. The van der Waals surface area contributed by atoms with Gasteiger partial charge < -0.3 is 29.2 Å². The number of imide groups is 1. The molecule has 0 radical (unpaired) electrons. The van der Waals surface area contributed by atoms with E-state index in [-0.39, 0.29) is 37.3 Å². The molecule has 2 aromatic carbocycles. The molecule has 1 fully saturated rings. The highest BCUT2D eigenvalue weighted by Crippen LogP contribution is 2.37. The summed E-state index contributed by atoms with van der Waals surface area (Å²) in [6, 6.07) is 18.5. The number of aliphatic hydroxyl groups is 2. The zero-order chi connectivity index (χ0) is 30.1. The number of nitrogens with zero attached hydrogens (tertiary/aromatic N) is 1. The summed E-state index contributed by atoms with van der Waals surface area (Å²) in [5.41, 5.74) is 1.92. The predicted molar refractivity (Wildman–Crippen MR) is 155 cm³/mol. The summed E-state index contributed by atoms with van der Waals surface area (Å²) in [7, 11) is 0. The third-order valence-corrected chi connectivity index (χ3v) is 8.09. The van der Waals surface area contributed by atoms with E-state index >= 15 is 0 Å². The van der Waals surface area contributed by atoms with Gasteiger partial charge in [-0.2, -0.15) is 0 Å². The maximum atomic E-state index is 13.5. The number of rotatable bonds is 14. The molecule has 11 heteroatoms. The minimum atomic E-state index is -1.87. The van der Waals surface area contributed by atoms with Gasteiger partial charge in [0.2, 0.25) is 5.91 Å². The number of cyclic esters (lactones) is 1. The van der Waals surface area contributed by atoms with Gasteiger partial charge in [-0.25, -0.2) is 9.69 Å². The molecule has 4 rings (SSSR count). The van der Waals surface area contributed by atoms with Crippen molar-refractivity contribution in [3.05, 3.63) is 82.3 Å². The van der Waals surface area contributed by atoms with Gasteiger partial charge in [0.1, 0.15) is 18.8 Å². The second-order valence-corrected chi connectivity index (χ2v) is 11.3. The minimum Gasteiger partial charge on any atom is -0.447 e. The second kappa shape index (κ2) is 15.0. The average molecular weight is 647 g/mol. The van der Waals surface area contributed by atoms with Crippen molar-refractivity contribution < 1.29 is 43.5 Å². The Labute approximate surface area is 253 Å². The van der Waals surface area contributed by atoms with Crippen molar-refractivity contribution in [2.75, 3.05) is 26.4 Å². The third-order valence-electron chi connectivity index (χ3n) is 7.24. The van der Waals surface area contributed by atoms with Gasteiger partial charge in [0.15, 0.2) is 11.6 Å². The van der Waals surface area contributed by atoms with E-state index in [1.54, 1.807) is 0 Å². The summed E-state index contributed by atoms with van der Waals surface area (Å²) < 4.78 is 22.5. The molecule has 0 bridgehead atoms. The zero-order valence-electron chi connectivity index (χ0n) is 23.4. The summed E-state index contributed by atoms with van der Waals surface area (Å²) >= 11 is 3.24. The molecule has 0 spiro atoms. The van der Waals surface area contributed by atoms with Crippen molar-refractivity contribution in [2.24, 2.45) is 5.92 Å². The molecule has 2 heterocycles. The number of ether oxygens (including phenoxy) is 4. The highest BCUT2D eigenvalue weighted by molar-refractivity contribution is 9.11. The lowest BCUT2D eigenvalue weighted by Gasteiger charge is -2.37. The van der Waals surface area contributed by atoms with E-state index in [0.29, 0.717) is 19.4 Å². The van der Waals surface area contributed by atoms with Crippen molar-refractivity contribution >= 4 is 33.7 Å².